The lowest BCUT2D eigenvalue weighted by Crippen LogP contribution is -1.89. The third-order valence-corrected chi connectivity index (χ3v) is 3.08. The van der Waals surface area contributed by atoms with Crippen LogP contribution in [0.1, 0.15) is 4.88 Å². The zero-order chi connectivity index (χ0) is 10.1. The quantitative estimate of drug-likeness (QED) is 0.761. The molecule has 0 atom stereocenters. The van der Waals surface area contributed by atoms with Crippen molar-refractivity contribution in [1.82, 2.24) is 0 Å². The third-order valence-electron chi connectivity index (χ3n) is 2.15. The molecule has 0 bridgehead atoms. The highest BCUT2D eigenvalue weighted by atomic mass is 32.1. The summed E-state index contributed by atoms with van der Waals surface area (Å²) in [6.45, 7) is 1.95. The Kier molecular flexibility index (Phi) is 2.25. The Bertz CT molecular complexity index is 443. The molecule has 0 saturated carbocycles. The number of anilines is 1. The molecule has 0 fully saturated rings. The summed E-state index contributed by atoms with van der Waals surface area (Å²) in [5, 5.41) is 1.84. The van der Waals surface area contributed by atoms with Gasteiger partial charge in [-0.15, -0.1) is 11.3 Å². The van der Waals surface area contributed by atoms with E-state index in [-0.39, 0.29) is 5.82 Å². The van der Waals surface area contributed by atoms with E-state index in [1.54, 1.807) is 23.5 Å². The van der Waals surface area contributed by atoms with Gasteiger partial charge in [0.2, 0.25) is 0 Å². The average molecular weight is 207 g/mol. The highest BCUT2D eigenvalue weighted by Gasteiger charge is 2.11. The summed E-state index contributed by atoms with van der Waals surface area (Å²) in [5.74, 6) is -0.222. The summed E-state index contributed by atoms with van der Waals surface area (Å²) >= 11 is 1.54. The van der Waals surface area contributed by atoms with Crippen LogP contribution >= 0.6 is 11.3 Å². The molecule has 2 aromatic rings. The van der Waals surface area contributed by atoms with Crippen LogP contribution in [0.3, 0.4) is 0 Å². The van der Waals surface area contributed by atoms with Gasteiger partial charge in [0.05, 0.1) is 5.69 Å². The normalized spacial score (nSPS) is 10.4. The van der Waals surface area contributed by atoms with E-state index in [0.717, 1.165) is 10.4 Å². The van der Waals surface area contributed by atoms with Crippen molar-refractivity contribution in [2.75, 3.05) is 5.73 Å². The number of hydrogen-bond donors (Lipinski definition) is 1. The van der Waals surface area contributed by atoms with E-state index >= 15 is 0 Å². The second kappa shape index (κ2) is 3.42. The number of benzene rings is 1. The Morgan fingerprint density at radius 2 is 2.00 bits per heavy atom. The number of halogens is 1. The molecule has 0 aliphatic carbocycles. The first-order chi connectivity index (χ1) is 6.70. The number of hydrogen-bond acceptors (Lipinski definition) is 2. The van der Waals surface area contributed by atoms with Crippen LogP contribution in [0, 0.1) is 12.7 Å². The van der Waals surface area contributed by atoms with Crippen LogP contribution in [0.15, 0.2) is 29.6 Å². The molecule has 72 valence electrons. The lowest BCUT2D eigenvalue weighted by molar-refractivity contribution is 0.631. The number of rotatable bonds is 1. The van der Waals surface area contributed by atoms with Gasteiger partial charge in [-0.25, -0.2) is 4.39 Å². The van der Waals surface area contributed by atoms with Crippen LogP contribution in [-0.2, 0) is 0 Å². The SMILES string of the molecule is Cc1scc(N)c1-c1ccccc1F. The third kappa shape index (κ3) is 1.40. The number of nitrogen functional groups attached to an aromatic ring is 1. The molecule has 3 heteroatoms. The summed E-state index contributed by atoms with van der Waals surface area (Å²) in [5.41, 5.74) is 7.85. The van der Waals surface area contributed by atoms with Crippen LogP contribution < -0.4 is 5.73 Å². The Morgan fingerprint density at radius 3 is 2.57 bits per heavy atom. The smallest absolute Gasteiger partial charge is 0.131 e. The van der Waals surface area contributed by atoms with Crippen LogP contribution in [0.4, 0.5) is 10.1 Å². The highest BCUT2D eigenvalue weighted by Crippen LogP contribution is 2.35. The van der Waals surface area contributed by atoms with E-state index in [0.29, 0.717) is 11.3 Å². The van der Waals surface area contributed by atoms with Gasteiger partial charge in [-0.3, -0.25) is 0 Å². The second-order valence-electron chi connectivity index (χ2n) is 3.10. The van der Waals surface area contributed by atoms with Crippen molar-refractivity contribution in [3.63, 3.8) is 0 Å². The van der Waals surface area contributed by atoms with Gasteiger partial charge in [-0.1, -0.05) is 18.2 Å². The Balaban J connectivity index is 2.66. The van der Waals surface area contributed by atoms with Crippen LogP contribution in [0.25, 0.3) is 11.1 Å². The van der Waals surface area contributed by atoms with E-state index in [1.807, 2.05) is 18.4 Å². The average Bonchev–Trinajstić information content (AvgIpc) is 2.48. The minimum Gasteiger partial charge on any atom is -0.398 e. The van der Waals surface area contributed by atoms with E-state index in [9.17, 15) is 4.39 Å². The summed E-state index contributed by atoms with van der Waals surface area (Å²) in [6, 6.07) is 6.69. The second-order valence-corrected chi connectivity index (χ2v) is 4.19. The van der Waals surface area contributed by atoms with Crippen molar-refractivity contribution in [1.29, 1.82) is 0 Å². The minimum atomic E-state index is -0.222. The molecule has 0 aliphatic rings. The number of nitrogens with two attached hydrogens (primary N) is 1. The zero-order valence-corrected chi connectivity index (χ0v) is 8.57. The lowest BCUT2D eigenvalue weighted by atomic mass is 10.1. The Morgan fingerprint density at radius 1 is 1.29 bits per heavy atom. The van der Waals surface area contributed by atoms with Crippen molar-refractivity contribution < 1.29 is 4.39 Å². The van der Waals surface area contributed by atoms with Gasteiger partial charge in [-0.2, -0.15) is 0 Å². The van der Waals surface area contributed by atoms with Gasteiger partial charge in [-0.05, 0) is 13.0 Å². The van der Waals surface area contributed by atoms with Crippen LogP contribution in [0.5, 0.6) is 0 Å². The highest BCUT2D eigenvalue weighted by molar-refractivity contribution is 7.11. The molecule has 0 amide bonds. The first kappa shape index (κ1) is 9.21. The maximum Gasteiger partial charge on any atom is 0.131 e. The maximum absolute atomic E-state index is 13.5. The molecule has 0 spiro atoms. The van der Waals surface area contributed by atoms with Crippen molar-refractivity contribution in [3.05, 3.63) is 40.3 Å². The van der Waals surface area contributed by atoms with E-state index in [4.69, 9.17) is 5.73 Å². The zero-order valence-electron chi connectivity index (χ0n) is 7.75. The summed E-state index contributed by atoms with van der Waals surface area (Å²) in [6.07, 6.45) is 0. The molecule has 0 unspecified atom stereocenters. The largest absolute Gasteiger partial charge is 0.398 e. The molecule has 1 aromatic carbocycles. The van der Waals surface area contributed by atoms with Gasteiger partial charge in [0, 0.05) is 21.4 Å². The molecule has 1 heterocycles. The van der Waals surface area contributed by atoms with Gasteiger partial charge in [0.25, 0.3) is 0 Å². The molecule has 1 aromatic heterocycles. The lowest BCUT2D eigenvalue weighted by Gasteiger charge is -2.03. The van der Waals surface area contributed by atoms with Crippen molar-refractivity contribution >= 4 is 17.0 Å². The molecular weight excluding hydrogens is 197 g/mol. The van der Waals surface area contributed by atoms with Crippen molar-refractivity contribution in [3.8, 4) is 11.1 Å². The number of aryl methyl sites for hydroxylation is 1. The predicted molar refractivity (Wildman–Crippen MR) is 58.9 cm³/mol. The van der Waals surface area contributed by atoms with Gasteiger partial charge < -0.3 is 5.73 Å². The Labute approximate surface area is 86.0 Å². The van der Waals surface area contributed by atoms with E-state index in [1.165, 1.54) is 6.07 Å². The van der Waals surface area contributed by atoms with Gasteiger partial charge in [0.1, 0.15) is 5.82 Å². The fourth-order valence-electron chi connectivity index (χ4n) is 1.48. The molecule has 1 nitrogen and oxygen atoms in total. The first-order valence-electron chi connectivity index (χ1n) is 4.28. The fourth-order valence-corrected chi connectivity index (χ4v) is 2.25. The maximum atomic E-state index is 13.5. The molecule has 0 radical (unpaired) electrons. The standard InChI is InChI=1S/C11H10FNS/c1-7-11(10(13)6-14-7)8-4-2-3-5-9(8)12/h2-6H,13H2,1H3. The topological polar surface area (TPSA) is 26.0 Å². The van der Waals surface area contributed by atoms with Crippen molar-refractivity contribution in [2.45, 2.75) is 6.92 Å². The number of thiophene rings is 1. The molecular formula is C11H10FNS. The molecule has 14 heavy (non-hydrogen) atoms. The molecule has 0 aliphatic heterocycles. The molecule has 2 N–H and O–H groups in total. The summed E-state index contributed by atoms with van der Waals surface area (Å²) in [7, 11) is 0. The van der Waals surface area contributed by atoms with Gasteiger partial charge >= 0.3 is 0 Å². The van der Waals surface area contributed by atoms with Crippen LogP contribution in [-0.4, -0.2) is 0 Å². The van der Waals surface area contributed by atoms with E-state index in [2.05, 4.69) is 0 Å². The minimum absolute atomic E-state index is 0.222. The molecule has 0 saturated heterocycles. The monoisotopic (exact) mass is 207 g/mol. The summed E-state index contributed by atoms with van der Waals surface area (Å²) in [4.78, 5) is 1.05. The van der Waals surface area contributed by atoms with Gasteiger partial charge in [0.15, 0.2) is 0 Å². The van der Waals surface area contributed by atoms with E-state index < -0.39 is 0 Å². The predicted octanol–water partition coefficient (Wildman–Crippen LogP) is 3.44. The Hall–Kier alpha value is -1.35. The van der Waals surface area contributed by atoms with Crippen LogP contribution in [0.2, 0.25) is 0 Å². The summed E-state index contributed by atoms with van der Waals surface area (Å²) < 4.78 is 13.5. The first-order valence-corrected chi connectivity index (χ1v) is 5.16. The molecule has 2 rings (SSSR count). The van der Waals surface area contributed by atoms with Crippen molar-refractivity contribution in [2.24, 2.45) is 0 Å². The fraction of sp³-hybridized carbons (Fsp3) is 0.0909.